The molecular weight excluding hydrogens is 316 g/mol. The Morgan fingerprint density at radius 1 is 1.12 bits per heavy atom. The van der Waals surface area contributed by atoms with Crippen LogP contribution in [0.15, 0.2) is 46.9 Å². The number of benzene rings is 1. The molecule has 6 nitrogen and oxygen atoms in total. The Labute approximate surface area is 146 Å². The summed E-state index contributed by atoms with van der Waals surface area (Å²) in [4.78, 5) is 19.4. The molecule has 0 aliphatic carbocycles. The molecule has 25 heavy (non-hydrogen) atoms. The molecule has 2 heterocycles. The fraction of sp³-hybridized carbons (Fsp3) is 0.263. The van der Waals surface area contributed by atoms with Gasteiger partial charge in [0, 0.05) is 31.6 Å². The number of pyridine rings is 1. The zero-order valence-corrected chi connectivity index (χ0v) is 14.2. The summed E-state index contributed by atoms with van der Waals surface area (Å²) < 4.78 is 5.68. The third kappa shape index (κ3) is 3.55. The van der Waals surface area contributed by atoms with Crippen LogP contribution in [-0.4, -0.2) is 42.0 Å². The topological polar surface area (TPSA) is 98.4 Å². The number of hydrogen-bond donors (Lipinski definition) is 2. The lowest BCUT2D eigenvalue weighted by Crippen LogP contribution is -2.38. The van der Waals surface area contributed by atoms with E-state index < -0.39 is 0 Å². The number of carbonyl (C=O) groups is 1. The van der Waals surface area contributed by atoms with Crippen molar-refractivity contribution in [3.05, 3.63) is 53.8 Å². The summed E-state index contributed by atoms with van der Waals surface area (Å²) >= 11 is 0. The van der Waals surface area contributed by atoms with E-state index in [0.29, 0.717) is 43.2 Å². The van der Waals surface area contributed by atoms with Crippen molar-refractivity contribution in [3.8, 4) is 11.5 Å². The number of nitrogens with zero attached hydrogens (tertiary/aromatic N) is 2. The van der Waals surface area contributed by atoms with Gasteiger partial charge in [0.2, 0.25) is 0 Å². The maximum Gasteiger partial charge on any atom is 0.254 e. The van der Waals surface area contributed by atoms with Crippen molar-refractivity contribution in [3.63, 3.8) is 0 Å². The highest BCUT2D eigenvalue weighted by atomic mass is 16.3. The van der Waals surface area contributed by atoms with Crippen LogP contribution in [0.4, 0.5) is 0 Å². The molecule has 3 aromatic rings. The van der Waals surface area contributed by atoms with Gasteiger partial charge in [0.1, 0.15) is 11.5 Å². The van der Waals surface area contributed by atoms with E-state index >= 15 is 0 Å². The number of fused-ring (bicyclic) bond motifs is 1. The Bertz CT molecular complexity index is 882. The maximum atomic E-state index is 13.1. The highest BCUT2D eigenvalue weighted by molar-refractivity contribution is 6.07. The molecule has 1 aromatic carbocycles. The predicted octanol–water partition coefficient (Wildman–Crippen LogP) is 2.16. The molecule has 0 bridgehead atoms. The van der Waals surface area contributed by atoms with Crippen LogP contribution in [0, 0.1) is 6.92 Å². The number of aromatic nitrogens is 1. The number of rotatable bonds is 6. The lowest BCUT2D eigenvalue weighted by atomic mass is 10.1. The van der Waals surface area contributed by atoms with Gasteiger partial charge in [-0.25, -0.2) is 4.98 Å². The maximum absolute atomic E-state index is 13.1. The molecule has 0 unspecified atom stereocenters. The fourth-order valence-electron chi connectivity index (χ4n) is 2.85. The second kappa shape index (κ2) is 7.46. The van der Waals surface area contributed by atoms with Gasteiger partial charge in [0.15, 0.2) is 5.76 Å². The molecule has 3 rings (SSSR count). The first-order valence-electron chi connectivity index (χ1n) is 8.30. The Hall–Kier alpha value is -2.70. The van der Waals surface area contributed by atoms with Crippen LogP contribution in [0.1, 0.15) is 16.1 Å². The summed E-state index contributed by atoms with van der Waals surface area (Å²) in [7, 11) is 0. The van der Waals surface area contributed by atoms with Gasteiger partial charge in [0.25, 0.3) is 5.91 Å². The number of aryl methyl sites for hydroxylation is 1. The normalized spacial score (nSPS) is 11.0. The van der Waals surface area contributed by atoms with Gasteiger partial charge in [-0.15, -0.1) is 0 Å². The molecule has 2 aromatic heterocycles. The molecular formula is C19H22N4O2. The van der Waals surface area contributed by atoms with E-state index in [9.17, 15) is 4.79 Å². The molecule has 0 atom stereocenters. The minimum absolute atomic E-state index is 0.0981. The Morgan fingerprint density at radius 3 is 2.48 bits per heavy atom. The van der Waals surface area contributed by atoms with E-state index in [2.05, 4.69) is 4.98 Å². The molecule has 0 fully saturated rings. The Kier molecular flexibility index (Phi) is 5.11. The van der Waals surface area contributed by atoms with Gasteiger partial charge >= 0.3 is 0 Å². The van der Waals surface area contributed by atoms with Gasteiger partial charge in [-0.05, 0) is 31.2 Å². The molecule has 0 spiro atoms. The zero-order valence-electron chi connectivity index (χ0n) is 14.2. The van der Waals surface area contributed by atoms with Gasteiger partial charge < -0.3 is 20.8 Å². The van der Waals surface area contributed by atoms with E-state index in [0.717, 1.165) is 16.7 Å². The molecule has 4 N–H and O–H groups in total. The minimum Gasteiger partial charge on any atom is -0.460 e. The SMILES string of the molecule is Cc1ccc(-c2cc(C(=O)N(CCN)CCN)c3ccccc3n2)o1. The monoisotopic (exact) mass is 338 g/mol. The zero-order chi connectivity index (χ0) is 17.8. The van der Waals surface area contributed by atoms with E-state index in [1.54, 1.807) is 11.0 Å². The predicted molar refractivity (Wildman–Crippen MR) is 98.2 cm³/mol. The smallest absolute Gasteiger partial charge is 0.254 e. The third-order valence-corrected chi connectivity index (χ3v) is 4.02. The number of hydrogen-bond acceptors (Lipinski definition) is 5. The molecule has 0 saturated carbocycles. The highest BCUT2D eigenvalue weighted by Crippen LogP contribution is 2.27. The lowest BCUT2D eigenvalue weighted by Gasteiger charge is -2.22. The van der Waals surface area contributed by atoms with E-state index in [4.69, 9.17) is 15.9 Å². The van der Waals surface area contributed by atoms with Crippen molar-refractivity contribution in [2.75, 3.05) is 26.2 Å². The van der Waals surface area contributed by atoms with Crippen molar-refractivity contribution >= 4 is 16.8 Å². The van der Waals surface area contributed by atoms with Crippen LogP contribution in [0.5, 0.6) is 0 Å². The first-order valence-corrected chi connectivity index (χ1v) is 8.30. The van der Waals surface area contributed by atoms with Crippen molar-refractivity contribution < 1.29 is 9.21 Å². The fourth-order valence-corrected chi connectivity index (χ4v) is 2.85. The average Bonchev–Trinajstić information content (AvgIpc) is 3.06. The molecule has 130 valence electrons. The Morgan fingerprint density at radius 2 is 1.84 bits per heavy atom. The third-order valence-electron chi connectivity index (χ3n) is 4.02. The van der Waals surface area contributed by atoms with Crippen LogP contribution in [0.3, 0.4) is 0 Å². The molecule has 1 amide bonds. The average molecular weight is 338 g/mol. The van der Waals surface area contributed by atoms with Crippen molar-refractivity contribution in [2.45, 2.75) is 6.92 Å². The van der Waals surface area contributed by atoms with E-state index in [1.807, 2.05) is 43.3 Å². The minimum atomic E-state index is -0.0981. The van der Waals surface area contributed by atoms with Gasteiger partial charge in [-0.3, -0.25) is 4.79 Å². The van der Waals surface area contributed by atoms with Crippen LogP contribution in [-0.2, 0) is 0 Å². The number of para-hydroxylation sites is 1. The van der Waals surface area contributed by atoms with Crippen molar-refractivity contribution in [1.29, 1.82) is 0 Å². The second-order valence-corrected chi connectivity index (χ2v) is 5.85. The first-order chi connectivity index (χ1) is 12.1. The van der Waals surface area contributed by atoms with Gasteiger partial charge in [-0.1, -0.05) is 18.2 Å². The number of amides is 1. The quantitative estimate of drug-likeness (QED) is 0.718. The summed E-state index contributed by atoms with van der Waals surface area (Å²) in [5, 5.41) is 0.804. The number of carbonyl (C=O) groups excluding carboxylic acids is 1. The van der Waals surface area contributed by atoms with E-state index in [1.165, 1.54) is 0 Å². The Balaban J connectivity index is 2.13. The number of furan rings is 1. The highest BCUT2D eigenvalue weighted by Gasteiger charge is 2.19. The molecule has 0 radical (unpaired) electrons. The number of nitrogens with two attached hydrogens (primary N) is 2. The van der Waals surface area contributed by atoms with Crippen LogP contribution < -0.4 is 11.5 Å². The molecule has 0 saturated heterocycles. The summed E-state index contributed by atoms with van der Waals surface area (Å²) in [6.07, 6.45) is 0. The van der Waals surface area contributed by atoms with Crippen molar-refractivity contribution in [2.24, 2.45) is 11.5 Å². The standard InChI is InChI=1S/C19H22N4O2/c1-13-6-7-18(25-13)17-12-15(14-4-2-3-5-16(14)22-17)19(24)23(10-8-20)11-9-21/h2-7,12H,8-11,20-21H2,1H3. The molecule has 6 heteroatoms. The van der Waals surface area contributed by atoms with Crippen LogP contribution in [0.2, 0.25) is 0 Å². The van der Waals surface area contributed by atoms with Gasteiger partial charge in [-0.2, -0.15) is 0 Å². The van der Waals surface area contributed by atoms with Crippen LogP contribution in [0.25, 0.3) is 22.4 Å². The van der Waals surface area contributed by atoms with Crippen LogP contribution >= 0.6 is 0 Å². The molecule has 0 aliphatic heterocycles. The summed E-state index contributed by atoms with van der Waals surface area (Å²) in [5.74, 6) is 1.34. The first kappa shape index (κ1) is 17.1. The van der Waals surface area contributed by atoms with E-state index in [-0.39, 0.29) is 5.91 Å². The summed E-state index contributed by atoms with van der Waals surface area (Å²) in [6.45, 7) is 3.57. The summed E-state index contributed by atoms with van der Waals surface area (Å²) in [6, 6.07) is 13.1. The molecule has 0 aliphatic rings. The summed E-state index contributed by atoms with van der Waals surface area (Å²) in [5.41, 5.74) is 13.3. The van der Waals surface area contributed by atoms with Gasteiger partial charge in [0.05, 0.1) is 11.1 Å². The second-order valence-electron chi connectivity index (χ2n) is 5.85. The lowest BCUT2D eigenvalue weighted by molar-refractivity contribution is 0.0767. The van der Waals surface area contributed by atoms with Crippen molar-refractivity contribution in [1.82, 2.24) is 9.88 Å². The largest absolute Gasteiger partial charge is 0.460 e.